The van der Waals surface area contributed by atoms with Crippen molar-refractivity contribution in [2.24, 2.45) is 5.92 Å². The summed E-state index contributed by atoms with van der Waals surface area (Å²) in [5.74, 6) is 0.999. The molecule has 0 unspecified atom stereocenters. The van der Waals surface area contributed by atoms with Crippen LogP contribution in [0, 0.1) is 5.92 Å². The van der Waals surface area contributed by atoms with E-state index in [0.717, 1.165) is 63.7 Å². The fourth-order valence-electron chi connectivity index (χ4n) is 4.19. The van der Waals surface area contributed by atoms with Crippen molar-refractivity contribution < 1.29 is 18.7 Å². The monoisotopic (exact) mass is 390 g/mol. The molecule has 0 radical (unpaired) electrons. The largest absolute Gasteiger partial charge is 0.467 e. The molecule has 2 amide bonds. The molecule has 1 saturated heterocycles. The van der Waals surface area contributed by atoms with Crippen molar-refractivity contribution in [2.75, 3.05) is 26.2 Å². The van der Waals surface area contributed by atoms with Crippen molar-refractivity contribution in [3.8, 4) is 0 Å². The lowest BCUT2D eigenvalue weighted by Gasteiger charge is -2.30. The number of ether oxygens (including phenoxy) is 1. The van der Waals surface area contributed by atoms with E-state index in [2.05, 4.69) is 6.92 Å². The Morgan fingerprint density at radius 3 is 2.61 bits per heavy atom. The fraction of sp³-hybridized carbons (Fsp3) is 0.727. The third kappa shape index (κ3) is 5.84. The molecule has 0 spiro atoms. The summed E-state index contributed by atoms with van der Waals surface area (Å²) in [5.41, 5.74) is 0. The summed E-state index contributed by atoms with van der Waals surface area (Å²) in [6, 6.07) is 3.72. The maximum absolute atomic E-state index is 13.2. The zero-order valence-electron chi connectivity index (χ0n) is 17.1. The Hall–Kier alpha value is -1.82. The maximum Gasteiger partial charge on any atom is 0.242 e. The first-order chi connectivity index (χ1) is 13.7. The average molecular weight is 391 g/mol. The van der Waals surface area contributed by atoms with Crippen LogP contribution in [0.4, 0.5) is 0 Å². The molecule has 156 valence electrons. The highest BCUT2D eigenvalue weighted by Crippen LogP contribution is 2.27. The Labute approximate surface area is 168 Å². The first kappa shape index (κ1) is 20.9. The van der Waals surface area contributed by atoms with Crippen LogP contribution in [0.15, 0.2) is 22.8 Å². The third-order valence-electron chi connectivity index (χ3n) is 5.85. The highest BCUT2D eigenvalue weighted by molar-refractivity contribution is 5.86. The minimum absolute atomic E-state index is 0.0191. The summed E-state index contributed by atoms with van der Waals surface area (Å²) in [4.78, 5) is 29.8. The van der Waals surface area contributed by atoms with E-state index in [-0.39, 0.29) is 30.4 Å². The minimum atomic E-state index is -0.0191. The van der Waals surface area contributed by atoms with Gasteiger partial charge in [-0.25, -0.2) is 0 Å². The number of furan rings is 1. The van der Waals surface area contributed by atoms with Gasteiger partial charge < -0.3 is 19.0 Å². The second kappa shape index (κ2) is 10.6. The topological polar surface area (TPSA) is 63.0 Å². The number of rotatable bonds is 10. The van der Waals surface area contributed by atoms with Gasteiger partial charge in [0.25, 0.3) is 0 Å². The Kier molecular flexibility index (Phi) is 7.95. The summed E-state index contributed by atoms with van der Waals surface area (Å²) in [6.45, 7) is 4.66. The van der Waals surface area contributed by atoms with Gasteiger partial charge in [-0.3, -0.25) is 9.59 Å². The van der Waals surface area contributed by atoms with Gasteiger partial charge in [0.05, 0.1) is 25.5 Å². The summed E-state index contributed by atoms with van der Waals surface area (Å²) >= 11 is 0. The minimum Gasteiger partial charge on any atom is -0.467 e. The molecule has 1 aromatic rings. The van der Waals surface area contributed by atoms with Crippen LogP contribution in [0.5, 0.6) is 0 Å². The van der Waals surface area contributed by atoms with Gasteiger partial charge in [0, 0.05) is 25.6 Å². The van der Waals surface area contributed by atoms with Gasteiger partial charge in [-0.15, -0.1) is 0 Å². The first-order valence-electron chi connectivity index (χ1n) is 10.9. The second-order valence-corrected chi connectivity index (χ2v) is 8.08. The van der Waals surface area contributed by atoms with E-state index >= 15 is 0 Å². The van der Waals surface area contributed by atoms with Crippen molar-refractivity contribution in [1.82, 2.24) is 9.80 Å². The number of nitrogens with zero attached hydrogens (tertiary/aromatic N) is 2. The van der Waals surface area contributed by atoms with Crippen molar-refractivity contribution in [2.45, 2.75) is 70.9 Å². The average Bonchev–Trinajstić information content (AvgIpc) is 3.47. The van der Waals surface area contributed by atoms with Crippen LogP contribution < -0.4 is 0 Å². The van der Waals surface area contributed by atoms with E-state index in [0.29, 0.717) is 19.6 Å². The molecule has 6 heteroatoms. The standard InChI is InChI=1S/C22H34N2O4/c1-2-3-12-23(22(26)18-8-4-5-9-18)17-21(25)24(15-19-10-6-13-27-19)16-20-11-7-14-28-20/h6,10,13,18,20H,2-5,7-9,11-12,14-17H2,1H3/t20-/m0/s1. The fourth-order valence-corrected chi connectivity index (χ4v) is 4.19. The van der Waals surface area contributed by atoms with Gasteiger partial charge in [0.2, 0.25) is 11.8 Å². The van der Waals surface area contributed by atoms with E-state index in [1.807, 2.05) is 12.1 Å². The molecule has 1 atom stereocenters. The second-order valence-electron chi connectivity index (χ2n) is 8.08. The highest BCUT2D eigenvalue weighted by atomic mass is 16.5. The van der Waals surface area contributed by atoms with Crippen LogP contribution in [-0.2, 0) is 20.9 Å². The van der Waals surface area contributed by atoms with E-state index in [9.17, 15) is 9.59 Å². The molecule has 0 N–H and O–H groups in total. The van der Waals surface area contributed by atoms with Crippen molar-refractivity contribution in [3.63, 3.8) is 0 Å². The van der Waals surface area contributed by atoms with E-state index in [4.69, 9.17) is 9.15 Å². The van der Waals surface area contributed by atoms with Crippen LogP contribution in [0.3, 0.4) is 0 Å². The predicted octanol–water partition coefficient (Wildman–Crippen LogP) is 3.61. The molecule has 0 aromatic carbocycles. The van der Waals surface area contributed by atoms with Crippen molar-refractivity contribution in [3.05, 3.63) is 24.2 Å². The van der Waals surface area contributed by atoms with Crippen LogP contribution in [-0.4, -0.2) is 54.0 Å². The molecule has 6 nitrogen and oxygen atoms in total. The molecule has 3 rings (SSSR count). The molecule has 2 heterocycles. The number of unbranched alkanes of at least 4 members (excludes halogenated alkanes) is 1. The van der Waals surface area contributed by atoms with Crippen LogP contribution in [0.2, 0.25) is 0 Å². The number of hydrogen-bond donors (Lipinski definition) is 0. The van der Waals surface area contributed by atoms with Gasteiger partial charge in [0.15, 0.2) is 0 Å². The molecule has 2 fully saturated rings. The van der Waals surface area contributed by atoms with Gasteiger partial charge >= 0.3 is 0 Å². The van der Waals surface area contributed by atoms with Crippen LogP contribution in [0.25, 0.3) is 0 Å². The lowest BCUT2D eigenvalue weighted by Crippen LogP contribution is -2.46. The Balaban J connectivity index is 1.65. The van der Waals surface area contributed by atoms with E-state index in [1.54, 1.807) is 16.1 Å². The first-order valence-corrected chi connectivity index (χ1v) is 10.9. The number of hydrogen-bond acceptors (Lipinski definition) is 4. The number of amides is 2. The summed E-state index contributed by atoms with van der Waals surface area (Å²) in [7, 11) is 0. The van der Waals surface area contributed by atoms with Crippen molar-refractivity contribution in [1.29, 1.82) is 0 Å². The molecule has 28 heavy (non-hydrogen) atoms. The number of carbonyl (C=O) groups is 2. The highest BCUT2D eigenvalue weighted by Gasteiger charge is 2.30. The van der Waals surface area contributed by atoms with Gasteiger partial charge in [-0.05, 0) is 44.2 Å². The molecule has 1 aliphatic heterocycles. The van der Waals surface area contributed by atoms with Crippen molar-refractivity contribution >= 4 is 11.8 Å². The van der Waals surface area contributed by atoms with Gasteiger partial charge in [0.1, 0.15) is 5.76 Å². The lowest BCUT2D eigenvalue weighted by atomic mass is 10.1. The van der Waals surface area contributed by atoms with Crippen LogP contribution >= 0.6 is 0 Å². The smallest absolute Gasteiger partial charge is 0.242 e. The SMILES string of the molecule is CCCCN(CC(=O)N(Cc1ccco1)C[C@@H]1CCCO1)C(=O)C1CCCC1. The normalized spacial score (nSPS) is 19.8. The molecule has 2 aliphatic rings. The molecular formula is C22H34N2O4. The van der Waals surface area contributed by atoms with Gasteiger partial charge in [-0.2, -0.15) is 0 Å². The third-order valence-corrected chi connectivity index (χ3v) is 5.85. The zero-order valence-corrected chi connectivity index (χ0v) is 17.1. The zero-order chi connectivity index (χ0) is 19.8. The Morgan fingerprint density at radius 2 is 1.96 bits per heavy atom. The molecular weight excluding hydrogens is 356 g/mol. The summed E-state index contributed by atoms with van der Waals surface area (Å²) in [5, 5.41) is 0. The van der Waals surface area contributed by atoms with E-state index in [1.165, 1.54) is 0 Å². The Morgan fingerprint density at radius 1 is 1.14 bits per heavy atom. The predicted molar refractivity (Wildman–Crippen MR) is 107 cm³/mol. The lowest BCUT2D eigenvalue weighted by molar-refractivity contribution is -0.144. The summed E-state index contributed by atoms with van der Waals surface area (Å²) < 4.78 is 11.2. The number of carbonyl (C=O) groups excluding carboxylic acids is 2. The summed E-state index contributed by atoms with van der Waals surface area (Å²) in [6.07, 6.45) is 9.81. The molecule has 0 bridgehead atoms. The Bertz CT molecular complexity index is 604. The molecule has 1 aromatic heterocycles. The molecule has 1 aliphatic carbocycles. The van der Waals surface area contributed by atoms with Gasteiger partial charge in [-0.1, -0.05) is 26.2 Å². The molecule has 1 saturated carbocycles. The van der Waals surface area contributed by atoms with E-state index < -0.39 is 0 Å². The quantitative estimate of drug-likeness (QED) is 0.612. The maximum atomic E-state index is 13.2. The van der Waals surface area contributed by atoms with Crippen LogP contribution in [0.1, 0.15) is 64.1 Å².